The van der Waals surface area contributed by atoms with Crippen molar-refractivity contribution in [3.05, 3.63) is 129 Å². The van der Waals surface area contributed by atoms with Crippen LogP contribution in [0.2, 0.25) is 15.1 Å². The number of nitrogens with zero attached hydrogens (tertiary/aromatic N) is 1. The predicted molar refractivity (Wildman–Crippen MR) is 148 cm³/mol. The molecule has 0 radical (unpaired) electrons. The van der Waals surface area contributed by atoms with E-state index in [1.807, 2.05) is 0 Å². The molecular formula is C31H15Cl3F3N. The molecule has 5 aromatic rings. The van der Waals surface area contributed by atoms with E-state index >= 15 is 8.78 Å². The number of benzene rings is 5. The van der Waals surface area contributed by atoms with Crippen molar-refractivity contribution in [1.82, 2.24) is 0 Å². The molecule has 0 N–H and O–H groups in total. The van der Waals surface area contributed by atoms with Gasteiger partial charge in [0.05, 0.1) is 21.7 Å². The minimum Gasteiger partial charge on any atom is -0.206 e. The molecule has 0 saturated carbocycles. The summed E-state index contributed by atoms with van der Waals surface area (Å²) < 4.78 is 45.1. The monoisotopic (exact) mass is 563 g/mol. The summed E-state index contributed by atoms with van der Waals surface area (Å²) in [6.45, 7) is 0. The minimum atomic E-state index is -0.691. The fourth-order valence-electron chi connectivity index (χ4n) is 4.42. The van der Waals surface area contributed by atoms with Crippen LogP contribution in [0.3, 0.4) is 0 Å². The van der Waals surface area contributed by atoms with Crippen molar-refractivity contribution < 1.29 is 13.2 Å². The Morgan fingerprint density at radius 2 is 1.29 bits per heavy atom. The average molecular weight is 565 g/mol. The first-order valence-electron chi connectivity index (χ1n) is 11.3. The van der Waals surface area contributed by atoms with E-state index < -0.39 is 17.5 Å². The first-order valence-corrected chi connectivity index (χ1v) is 12.4. The first-order chi connectivity index (χ1) is 18.3. The molecule has 0 fully saturated rings. The van der Waals surface area contributed by atoms with Crippen LogP contribution >= 0.6 is 34.8 Å². The molecule has 5 rings (SSSR count). The normalized spacial score (nSPS) is 10.9. The van der Waals surface area contributed by atoms with Gasteiger partial charge in [-0.15, -0.1) is 0 Å². The van der Waals surface area contributed by atoms with Gasteiger partial charge < -0.3 is 0 Å². The van der Waals surface area contributed by atoms with Crippen molar-refractivity contribution in [3.8, 4) is 50.6 Å². The third-order valence-corrected chi connectivity index (χ3v) is 7.07. The Morgan fingerprint density at radius 3 is 2.03 bits per heavy atom. The lowest BCUT2D eigenvalue weighted by Gasteiger charge is -2.22. The van der Waals surface area contributed by atoms with Gasteiger partial charge in [-0.2, -0.15) is 5.26 Å². The second-order valence-corrected chi connectivity index (χ2v) is 9.68. The molecule has 0 aliphatic carbocycles. The van der Waals surface area contributed by atoms with E-state index in [4.69, 9.17) is 34.8 Å². The lowest BCUT2D eigenvalue weighted by atomic mass is 9.84. The Balaban J connectivity index is 2.00. The zero-order valence-corrected chi connectivity index (χ0v) is 21.6. The van der Waals surface area contributed by atoms with E-state index in [0.717, 1.165) is 0 Å². The molecule has 0 saturated heterocycles. The molecule has 0 spiro atoms. The molecule has 5 aromatic carbocycles. The van der Waals surface area contributed by atoms with Crippen molar-refractivity contribution in [2.45, 2.75) is 0 Å². The third kappa shape index (κ3) is 4.77. The number of nitriles is 1. The SMILES string of the molecule is N#Cc1cccc(-c2c(-c3ccccc3F)cc(-c3cc(Cl)ccc3F)c(Cl)c2-c2ccc(Cl)c(F)c2)c1. The molecule has 1 nitrogen and oxygen atoms in total. The van der Waals surface area contributed by atoms with Crippen LogP contribution in [0, 0.1) is 28.8 Å². The predicted octanol–water partition coefficient (Wildman–Crippen LogP) is 10.6. The smallest absolute Gasteiger partial charge is 0.142 e. The van der Waals surface area contributed by atoms with Crippen LogP contribution in [0.25, 0.3) is 44.5 Å². The highest BCUT2D eigenvalue weighted by molar-refractivity contribution is 6.38. The van der Waals surface area contributed by atoms with E-state index in [-0.39, 0.29) is 31.8 Å². The van der Waals surface area contributed by atoms with Crippen LogP contribution in [0.1, 0.15) is 5.56 Å². The molecule has 0 aromatic heterocycles. The van der Waals surface area contributed by atoms with Gasteiger partial charge in [-0.05, 0) is 76.9 Å². The zero-order chi connectivity index (χ0) is 27.0. The van der Waals surface area contributed by atoms with Crippen molar-refractivity contribution in [2.24, 2.45) is 0 Å². The Kier molecular flexibility index (Phi) is 7.19. The van der Waals surface area contributed by atoms with Crippen molar-refractivity contribution in [2.75, 3.05) is 0 Å². The van der Waals surface area contributed by atoms with E-state index in [1.54, 1.807) is 54.6 Å². The average Bonchev–Trinajstić information content (AvgIpc) is 2.92. The molecule has 7 heteroatoms. The Hall–Kier alpha value is -3.75. The van der Waals surface area contributed by atoms with E-state index in [0.29, 0.717) is 33.4 Å². The third-order valence-electron chi connectivity index (χ3n) is 6.14. The van der Waals surface area contributed by atoms with Gasteiger partial charge in [0, 0.05) is 27.3 Å². The number of hydrogen-bond donors (Lipinski definition) is 0. The van der Waals surface area contributed by atoms with Crippen LogP contribution in [0.15, 0.2) is 91.0 Å². The van der Waals surface area contributed by atoms with Crippen molar-refractivity contribution in [3.63, 3.8) is 0 Å². The molecule has 0 amide bonds. The molecule has 0 heterocycles. The van der Waals surface area contributed by atoms with Gasteiger partial charge in [0.2, 0.25) is 0 Å². The largest absolute Gasteiger partial charge is 0.206 e. The fraction of sp³-hybridized carbons (Fsp3) is 0. The van der Waals surface area contributed by atoms with Gasteiger partial charge >= 0.3 is 0 Å². The molecule has 0 aliphatic rings. The van der Waals surface area contributed by atoms with Crippen LogP contribution in [0.4, 0.5) is 13.2 Å². The second-order valence-electron chi connectivity index (χ2n) is 8.46. The molecule has 0 bridgehead atoms. The van der Waals surface area contributed by atoms with Gasteiger partial charge in [0.1, 0.15) is 17.5 Å². The summed E-state index contributed by atoms with van der Waals surface area (Å²) in [6.07, 6.45) is 0. The number of rotatable bonds is 4. The standard InChI is InChI=1S/C31H15Cl3F3N/c32-20-9-11-27(36)22(14-20)24-15-23(21-6-1-2-7-26(21)35)29(18-5-3-4-17(12-18)16-38)30(31(24)34)19-8-10-25(33)28(37)13-19/h1-15H. The van der Waals surface area contributed by atoms with Gasteiger partial charge in [0.25, 0.3) is 0 Å². The minimum absolute atomic E-state index is 0.0883. The van der Waals surface area contributed by atoms with Crippen LogP contribution < -0.4 is 0 Å². The summed E-state index contributed by atoms with van der Waals surface area (Å²) in [7, 11) is 0. The van der Waals surface area contributed by atoms with Gasteiger partial charge in [0.15, 0.2) is 0 Å². The fourth-order valence-corrected chi connectivity index (χ4v) is 5.07. The molecule has 186 valence electrons. The molecule has 38 heavy (non-hydrogen) atoms. The number of halogens is 6. The first kappa shape index (κ1) is 25.9. The summed E-state index contributed by atoms with van der Waals surface area (Å²) >= 11 is 19.1. The van der Waals surface area contributed by atoms with Crippen molar-refractivity contribution >= 4 is 34.8 Å². The maximum atomic E-state index is 15.3. The van der Waals surface area contributed by atoms with Gasteiger partial charge in [-0.1, -0.05) is 71.2 Å². The highest BCUT2D eigenvalue weighted by Crippen LogP contribution is 2.49. The van der Waals surface area contributed by atoms with Crippen LogP contribution in [-0.4, -0.2) is 0 Å². The van der Waals surface area contributed by atoms with Crippen molar-refractivity contribution in [1.29, 1.82) is 5.26 Å². The Bertz CT molecular complexity index is 1760. The summed E-state index contributed by atoms with van der Waals surface area (Å²) in [6, 6.07) is 24.7. The maximum absolute atomic E-state index is 15.3. The van der Waals surface area contributed by atoms with Crippen LogP contribution in [0.5, 0.6) is 0 Å². The number of hydrogen-bond acceptors (Lipinski definition) is 1. The highest BCUT2D eigenvalue weighted by Gasteiger charge is 2.25. The second kappa shape index (κ2) is 10.6. The lowest BCUT2D eigenvalue weighted by Crippen LogP contribution is -1.98. The summed E-state index contributed by atoms with van der Waals surface area (Å²) in [5.41, 5.74) is 2.87. The van der Waals surface area contributed by atoms with E-state index in [9.17, 15) is 9.65 Å². The topological polar surface area (TPSA) is 23.8 Å². The molecular weight excluding hydrogens is 550 g/mol. The summed E-state index contributed by atoms with van der Waals surface area (Å²) in [5.74, 6) is -1.81. The Morgan fingerprint density at radius 1 is 0.553 bits per heavy atom. The quantitative estimate of drug-likeness (QED) is 0.213. The van der Waals surface area contributed by atoms with Gasteiger partial charge in [-0.25, -0.2) is 13.2 Å². The molecule has 0 atom stereocenters. The summed E-state index contributed by atoms with van der Waals surface area (Å²) in [5, 5.41) is 9.81. The Labute approximate surface area is 232 Å². The molecule has 0 unspecified atom stereocenters. The maximum Gasteiger partial charge on any atom is 0.142 e. The zero-order valence-electron chi connectivity index (χ0n) is 19.4. The van der Waals surface area contributed by atoms with E-state index in [2.05, 4.69) is 6.07 Å². The van der Waals surface area contributed by atoms with Gasteiger partial charge in [-0.3, -0.25) is 0 Å². The lowest BCUT2D eigenvalue weighted by molar-refractivity contribution is 0.628. The summed E-state index contributed by atoms with van der Waals surface area (Å²) in [4.78, 5) is 0. The van der Waals surface area contributed by atoms with Crippen LogP contribution in [-0.2, 0) is 0 Å². The molecule has 0 aliphatic heterocycles. The highest BCUT2D eigenvalue weighted by atomic mass is 35.5. The van der Waals surface area contributed by atoms with E-state index in [1.165, 1.54) is 36.4 Å².